The molecule has 0 aromatic rings. The minimum absolute atomic E-state index is 0.315. The highest BCUT2D eigenvalue weighted by atomic mass is 15.2. The van der Waals surface area contributed by atoms with Crippen molar-refractivity contribution in [2.45, 2.75) is 39.3 Å². The standard InChI is InChI=1S/C11H27N3/c1-6-14(8-7-10(2)12)11(3)9-13(4)5/h10-11H,6-9,12H2,1-5H3. The van der Waals surface area contributed by atoms with Crippen molar-refractivity contribution >= 4 is 0 Å². The van der Waals surface area contributed by atoms with E-state index in [4.69, 9.17) is 5.73 Å². The Morgan fingerprint density at radius 2 is 1.79 bits per heavy atom. The Morgan fingerprint density at radius 3 is 2.14 bits per heavy atom. The monoisotopic (exact) mass is 201 g/mol. The molecule has 0 saturated heterocycles. The fraction of sp³-hybridized carbons (Fsp3) is 1.00. The average Bonchev–Trinajstić information content (AvgIpc) is 2.03. The molecule has 0 heterocycles. The van der Waals surface area contributed by atoms with E-state index in [1.54, 1.807) is 0 Å². The van der Waals surface area contributed by atoms with E-state index in [1.165, 1.54) is 0 Å². The summed E-state index contributed by atoms with van der Waals surface area (Å²) in [4.78, 5) is 4.72. The third-order valence-corrected chi connectivity index (χ3v) is 2.53. The maximum Gasteiger partial charge on any atom is 0.0194 e. The Bertz CT molecular complexity index is 134. The topological polar surface area (TPSA) is 32.5 Å². The number of nitrogens with zero attached hydrogens (tertiary/aromatic N) is 2. The lowest BCUT2D eigenvalue weighted by Gasteiger charge is -2.30. The molecule has 0 saturated carbocycles. The molecule has 0 aromatic heterocycles. The van der Waals surface area contributed by atoms with Crippen LogP contribution in [-0.2, 0) is 0 Å². The van der Waals surface area contributed by atoms with Crippen LogP contribution >= 0.6 is 0 Å². The molecule has 3 nitrogen and oxygen atoms in total. The summed E-state index contributed by atoms with van der Waals surface area (Å²) in [7, 11) is 4.24. The number of nitrogens with two attached hydrogens (primary N) is 1. The lowest BCUT2D eigenvalue weighted by molar-refractivity contribution is 0.177. The number of hydrogen-bond acceptors (Lipinski definition) is 3. The van der Waals surface area contributed by atoms with Crippen LogP contribution in [0.2, 0.25) is 0 Å². The summed E-state index contributed by atoms with van der Waals surface area (Å²) in [5, 5.41) is 0. The van der Waals surface area contributed by atoms with Crippen LogP contribution in [-0.4, -0.2) is 55.6 Å². The Balaban J connectivity index is 3.86. The van der Waals surface area contributed by atoms with E-state index in [0.717, 1.165) is 26.1 Å². The summed E-state index contributed by atoms with van der Waals surface area (Å²) in [6.07, 6.45) is 1.09. The summed E-state index contributed by atoms with van der Waals surface area (Å²) in [6, 6.07) is 0.935. The molecular weight excluding hydrogens is 174 g/mol. The molecule has 0 amide bonds. The third-order valence-electron chi connectivity index (χ3n) is 2.53. The zero-order valence-corrected chi connectivity index (χ0v) is 10.5. The predicted molar refractivity (Wildman–Crippen MR) is 63.5 cm³/mol. The minimum Gasteiger partial charge on any atom is -0.328 e. The molecule has 14 heavy (non-hydrogen) atoms. The first-order valence-electron chi connectivity index (χ1n) is 5.61. The Hall–Kier alpha value is -0.120. The molecule has 2 unspecified atom stereocenters. The van der Waals surface area contributed by atoms with Crippen molar-refractivity contribution in [3.8, 4) is 0 Å². The van der Waals surface area contributed by atoms with E-state index in [0.29, 0.717) is 12.1 Å². The highest BCUT2D eigenvalue weighted by molar-refractivity contribution is 4.69. The van der Waals surface area contributed by atoms with Gasteiger partial charge >= 0.3 is 0 Å². The van der Waals surface area contributed by atoms with Gasteiger partial charge in [-0.2, -0.15) is 0 Å². The van der Waals surface area contributed by atoms with E-state index in [2.05, 4.69) is 44.7 Å². The summed E-state index contributed by atoms with van der Waals surface area (Å²) in [5.74, 6) is 0. The second kappa shape index (κ2) is 7.21. The smallest absolute Gasteiger partial charge is 0.0194 e. The molecule has 0 aliphatic heterocycles. The molecule has 0 aliphatic rings. The SMILES string of the molecule is CCN(CCC(C)N)C(C)CN(C)C. The highest BCUT2D eigenvalue weighted by Crippen LogP contribution is 2.02. The summed E-state index contributed by atoms with van der Waals surface area (Å²) < 4.78 is 0. The molecule has 3 heteroatoms. The quantitative estimate of drug-likeness (QED) is 0.667. The van der Waals surface area contributed by atoms with Crippen molar-refractivity contribution in [3.63, 3.8) is 0 Å². The maximum atomic E-state index is 5.76. The minimum atomic E-state index is 0.315. The molecule has 2 N–H and O–H groups in total. The fourth-order valence-corrected chi connectivity index (χ4v) is 1.70. The van der Waals surface area contributed by atoms with Gasteiger partial charge in [0, 0.05) is 18.6 Å². The number of hydrogen-bond donors (Lipinski definition) is 1. The third kappa shape index (κ3) is 6.35. The first-order valence-corrected chi connectivity index (χ1v) is 5.61. The van der Waals surface area contributed by atoms with Gasteiger partial charge in [0.15, 0.2) is 0 Å². The average molecular weight is 201 g/mol. The molecule has 2 atom stereocenters. The molecular formula is C11H27N3. The lowest BCUT2D eigenvalue weighted by atomic mass is 10.2. The van der Waals surface area contributed by atoms with E-state index in [-0.39, 0.29) is 0 Å². The van der Waals surface area contributed by atoms with Gasteiger partial charge in [0.05, 0.1) is 0 Å². The van der Waals surface area contributed by atoms with Gasteiger partial charge in [0.2, 0.25) is 0 Å². The second-order valence-electron chi connectivity index (χ2n) is 4.51. The zero-order valence-electron chi connectivity index (χ0n) is 10.5. The molecule has 0 radical (unpaired) electrons. The second-order valence-corrected chi connectivity index (χ2v) is 4.51. The van der Waals surface area contributed by atoms with Crippen molar-refractivity contribution in [2.75, 3.05) is 33.7 Å². The number of rotatable bonds is 7. The van der Waals surface area contributed by atoms with Crippen molar-refractivity contribution in [1.29, 1.82) is 0 Å². The summed E-state index contributed by atoms with van der Waals surface area (Å²) in [6.45, 7) is 9.92. The van der Waals surface area contributed by atoms with Gasteiger partial charge in [-0.3, -0.25) is 4.90 Å². The van der Waals surface area contributed by atoms with Gasteiger partial charge in [-0.1, -0.05) is 6.92 Å². The van der Waals surface area contributed by atoms with Crippen molar-refractivity contribution in [2.24, 2.45) is 5.73 Å². The Labute approximate surface area is 89.2 Å². The van der Waals surface area contributed by atoms with Crippen LogP contribution in [0.5, 0.6) is 0 Å². The van der Waals surface area contributed by atoms with Crippen molar-refractivity contribution < 1.29 is 0 Å². The van der Waals surface area contributed by atoms with Crippen molar-refractivity contribution in [1.82, 2.24) is 9.80 Å². The zero-order chi connectivity index (χ0) is 11.1. The van der Waals surface area contributed by atoms with Crippen LogP contribution in [0.15, 0.2) is 0 Å². The van der Waals surface area contributed by atoms with E-state index in [1.807, 2.05) is 0 Å². The lowest BCUT2D eigenvalue weighted by Crippen LogP contribution is -2.41. The largest absolute Gasteiger partial charge is 0.328 e. The van der Waals surface area contributed by atoms with Gasteiger partial charge in [-0.15, -0.1) is 0 Å². The molecule has 0 fully saturated rings. The number of likely N-dealkylation sites (N-methyl/N-ethyl adjacent to an activating group) is 2. The summed E-state index contributed by atoms with van der Waals surface area (Å²) in [5.41, 5.74) is 5.76. The van der Waals surface area contributed by atoms with Crippen LogP contribution in [0.3, 0.4) is 0 Å². The molecule has 0 rings (SSSR count). The Kier molecular flexibility index (Phi) is 7.15. The van der Waals surface area contributed by atoms with Gasteiger partial charge in [0.25, 0.3) is 0 Å². The van der Waals surface area contributed by atoms with Crippen LogP contribution in [0.1, 0.15) is 27.2 Å². The van der Waals surface area contributed by atoms with Gasteiger partial charge in [0.1, 0.15) is 0 Å². The first kappa shape index (κ1) is 13.9. The van der Waals surface area contributed by atoms with Gasteiger partial charge in [-0.05, 0) is 47.5 Å². The first-order chi connectivity index (χ1) is 6.47. The van der Waals surface area contributed by atoms with E-state index in [9.17, 15) is 0 Å². The molecule has 0 aliphatic carbocycles. The van der Waals surface area contributed by atoms with Crippen LogP contribution in [0, 0.1) is 0 Å². The molecule has 0 bridgehead atoms. The molecule has 86 valence electrons. The van der Waals surface area contributed by atoms with Crippen LogP contribution in [0.25, 0.3) is 0 Å². The highest BCUT2D eigenvalue weighted by Gasteiger charge is 2.12. The normalized spacial score (nSPS) is 16.3. The van der Waals surface area contributed by atoms with Crippen LogP contribution < -0.4 is 5.73 Å². The predicted octanol–water partition coefficient (Wildman–Crippen LogP) is 0.996. The summed E-state index contributed by atoms with van der Waals surface area (Å²) >= 11 is 0. The van der Waals surface area contributed by atoms with E-state index >= 15 is 0 Å². The van der Waals surface area contributed by atoms with Gasteiger partial charge in [-0.25, -0.2) is 0 Å². The molecule has 0 aromatic carbocycles. The van der Waals surface area contributed by atoms with Crippen LogP contribution in [0.4, 0.5) is 0 Å². The Morgan fingerprint density at radius 1 is 1.21 bits per heavy atom. The molecule has 0 spiro atoms. The maximum absolute atomic E-state index is 5.76. The fourth-order valence-electron chi connectivity index (χ4n) is 1.70. The van der Waals surface area contributed by atoms with Crippen molar-refractivity contribution in [3.05, 3.63) is 0 Å². The van der Waals surface area contributed by atoms with Gasteiger partial charge < -0.3 is 10.6 Å². The van der Waals surface area contributed by atoms with E-state index < -0.39 is 0 Å².